The minimum atomic E-state index is 0.107. The van der Waals surface area contributed by atoms with Crippen LogP contribution >= 0.6 is 34.7 Å². The van der Waals surface area contributed by atoms with Crippen LogP contribution in [0.5, 0.6) is 5.75 Å². The number of rotatable bonds is 11. The normalized spacial score (nSPS) is 11.3. The summed E-state index contributed by atoms with van der Waals surface area (Å²) in [5.41, 5.74) is 0.824. The lowest BCUT2D eigenvalue weighted by Crippen LogP contribution is -2.36. The number of likely N-dealkylation sites (N-methyl/N-ethyl adjacent to an activating group) is 1. The van der Waals surface area contributed by atoms with Crippen LogP contribution < -0.4 is 9.64 Å². The molecule has 166 valence electrons. The van der Waals surface area contributed by atoms with Crippen molar-refractivity contribution in [3.8, 4) is 5.75 Å². The Balaban J connectivity index is 1.67. The summed E-state index contributed by atoms with van der Waals surface area (Å²) >= 11 is 9.22. The van der Waals surface area contributed by atoms with E-state index in [1.165, 1.54) is 0 Å². The summed E-state index contributed by atoms with van der Waals surface area (Å²) in [6.07, 6.45) is 1.29. The van der Waals surface area contributed by atoms with E-state index < -0.39 is 0 Å². The van der Waals surface area contributed by atoms with Crippen molar-refractivity contribution in [2.24, 2.45) is 0 Å². The zero-order valence-corrected chi connectivity index (χ0v) is 20.5. The minimum absolute atomic E-state index is 0.107. The van der Waals surface area contributed by atoms with Crippen LogP contribution in [0.1, 0.15) is 19.8 Å². The predicted molar refractivity (Wildman–Crippen MR) is 133 cm³/mol. The molecule has 0 atom stereocenters. The number of thiazole rings is 1. The van der Waals surface area contributed by atoms with Gasteiger partial charge in [0.15, 0.2) is 5.13 Å². The molecule has 3 rings (SSSR count). The standard InChI is InChI=1S/C23H28ClN3O2S2/c1-4-29-19-7-5-8-20-22(19)25-23(31-20)27(15-14-26(2)3)21(28)9-6-16-30-18-12-10-17(24)11-13-18/h5,7-8,10-13H,4,6,9,14-16H2,1-3H3. The Labute approximate surface area is 197 Å². The summed E-state index contributed by atoms with van der Waals surface area (Å²) in [7, 11) is 4.02. The molecule has 0 aliphatic carbocycles. The van der Waals surface area contributed by atoms with Gasteiger partial charge >= 0.3 is 0 Å². The summed E-state index contributed by atoms with van der Waals surface area (Å²) in [6, 6.07) is 13.7. The number of para-hydroxylation sites is 1. The van der Waals surface area contributed by atoms with Crippen LogP contribution in [0.4, 0.5) is 5.13 Å². The number of hydrogen-bond acceptors (Lipinski definition) is 6. The van der Waals surface area contributed by atoms with Crippen molar-refractivity contribution in [1.29, 1.82) is 0 Å². The lowest BCUT2D eigenvalue weighted by Gasteiger charge is -2.22. The highest BCUT2D eigenvalue weighted by atomic mass is 35.5. The minimum Gasteiger partial charge on any atom is -0.492 e. The molecule has 0 aliphatic rings. The van der Waals surface area contributed by atoms with E-state index in [4.69, 9.17) is 21.3 Å². The Hall–Kier alpha value is -1.80. The second-order valence-corrected chi connectivity index (χ2v) is 9.90. The van der Waals surface area contributed by atoms with Crippen molar-refractivity contribution < 1.29 is 9.53 Å². The molecule has 1 aromatic heterocycles. The molecule has 1 heterocycles. The Bertz CT molecular complexity index is 992. The van der Waals surface area contributed by atoms with Gasteiger partial charge < -0.3 is 9.64 Å². The number of hydrogen-bond donors (Lipinski definition) is 0. The molecular formula is C23H28ClN3O2S2. The molecule has 0 spiro atoms. The van der Waals surface area contributed by atoms with E-state index in [-0.39, 0.29) is 5.91 Å². The summed E-state index contributed by atoms with van der Waals surface area (Å²) in [5, 5.41) is 1.47. The van der Waals surface area contributed by atoms with Gasteiger partial charge in [-0.3, -0.25) is 9.69 Å². The van der Waals surface area contributed by atoms with Gasteiger partial charge in [0.05, 0.1) is 11.3 Å². The number of anilines is 1. The van der Waals surface area contributed by atoms with E-state index >= 15 is 0 Å². The van der Waals surface area contributed by atoms with Crippen molar-refractivity contribution >= 4 is 56.0 Å². The van der Waals surface area contributed by atoms with Crippen LogP contribution in [0.2, 0.25) is 5.02 Å². The fraction of sp³-hybridized carbons (Fsp3) is 0.391. The van der Waals surface area contributed by atoms with Crippen molar-refractivity contribution in [2.75, 3.05) is 44.4 Å². The molecule has 0 bridgehead atoms. The SMILES string of the molecule is CCOc1cccc2sc(N(CCN(C)C)C(=O)CCCSc3ccc(Cl)cc3)nc12. The number of halogens is 1. The number of benzene rings is 2. The molecule has 31 heavy (non-hydrogen) atoms. The highest BCUT2D eigenvalue weighted by Gasteiger charge is 2.20. The molecule has 0 saturated carbocycles. The van der Waals surface area contributed by atoms with Crippen LogP contribution in [0.15, 0.2) is 47.4 Å². The second-order valence-electron chi connectivity index (χ2n) is 7.29. The highest BCUT2D eigenvalue weighted by molar-refractivity contribution is 7.99. The molecule has 0 radical (unpaired) electrons. The van der Waals surface area contributed by atoms with E-state index in [9.17, 15) is 4.79 Å². The number of carbonyl (C=O) groups excluding carboxylic acids is 1. The Morgan fingerprint density at radius 3 is 2.65 bits per heavy atom. The topological polar surface area (TPSA) is 45.7 Å². The maximum atomic E-state index is 13.1. The number of fused-ring (bicyclic) bond motifs is 1. The predicted octanol–water partition coefficient (Wildman–Crippen LogP) is 5.82. The number of nitrogens with zero attached hydrogens (tertiary/aromatic N) is 3. The summed E-state index contributed by atoms with van der Waals surface area (Å²) in [5.74, 6) is 1.75. The number of thioether (sulfide) groups is 1. The number of ether oxygens (including phenoxy) is 1. The summed E-state index contributed by atoms with van der Waals surface area (Å²) < 4.78 is 6.75. The zero-order chi connectivity index (χ0) is 22.2. The summed E-state index contributed by atoms with van der Waals surface area (Å²) in [4.78, 5) is 23.0. The number of carbonyl (C=O) groups is 1. The van der Waals surface area contributed by atoms with E-state index in [0.717, 1.165) is 49.7 Å². The molecule has 8 heteroatoms. The van der Waals surface area contributed by atoms with Gasteiger partial charge in [0, 0.05) is 29.4 Å². The maximum Gasteiger partial charge on any atom is 0.228 e. The van der Waals surface area contributed by atoms with E-state index in [2.05, 4.69) is 4.90 Å². The Morgan fingerprint density at radius 1 is 1.16 bits per heavy atom. The fourth-order valence-corrected chi connectivity index (χ4v) is 5.01. The quantitative estimate of drug-likeness (QED) is 0.257. The van der Waals surface area contributed by atoms with Gasteiger partial charge in [-0.15, -0.1) is 11.8 Å². The first kappa shape index (κ1) is 23.9. The second kappa shape index (κ2) is 11.7. The molecule has 1 amide bonds. The van der Waals surface area contributed by atoms with E-state index in [0.29, 0.717) is 19.6 Å². The average molecular weight is 478 g/mol. The van der Waals surface area contributed by atoms with E-state index in [1.54, 1.807) is 23.1 Å². The fourth-order valence-electron chi connectivity index (χ4n) is 3.01. The van der Waals surface area contributed by atoms with Gasteiger partial charge in [0.2, 0.25) is 5.91 Å². The van der Waals surface area contributed by atoms with Gasteiger partial charge in [-0.1, -0.05) is 29.0 Å². The first-order valence-electron chi connectivity index (χ1n) is 10.3. The molecule has 0 fully saturated rings. The van der Waals surface area contributed by atoms with Crippen LogP contribution in [0, 0.1) is 0 Å². The lowest BCUT2D eigenvalue weighted by atomic mass is 10.3. The third kappa shape index (κ3) is 6.84. The molecule has 5 nitrogen and oxygen atoms in total. The van der Waals surface area contributed by atoms with Crippen molar-refractivity contribution in [2.45, 2.75) is 24.7 Å². The largest absolute Gasteiger partial charge is 0.492 e. The van der Waals surface area contributed by atoms with Crippen molar-refractivity contribution in [1.82, 2.24) is 9.88 Å². The molecule has 0 unspecified atom stereocenters. The lowest BCUT2D eigenvalue weighted by molar-refractivity contribution is -0.118. The molecular weight excluding hydrogens is 450 g/mol. The van der Waals surface area contributed by atoms with E-state index in [1.807, 2.05) is 68.4 Å². The smallest absolute Gasteiger partial charge is 0.228 e. The van der Waals surface area contributed by atoms with Gasteiger partial charge in [0.25, 0.3) is 0 Å². The number of amides is 1. The van der Waals surface area contributed by atoms with Crippen LogP contribution in [-0.4, -0.2) is 55.3 Å². The third-order valence-electron chi connectivity index (χ3n) is 4.59. The molecule has 0 N–H and O–H groups in total. The van der Waals surface area contributed by atoms with Crippen LogP contribution in [0.25, 0.3) is 10.2 Å². The summed E-state index contributed by atoms with van der Waals surface area (Å²) in [6.45, 7) is 3.93. The Kier molecular flexibility index (Phi) is 9.02. The first-order chi connectivity index (χ1) is 15.0. The average Bonchev–Trinajstić information content (AvgIpc) is 3.17. The molecule has 2 aromatic carbocycles. The van der Waals surface area contributed by atoms with Gasteiger partial charge in [-0.05, 0) is 69.6 Å². The highest BCUT2D eigenvalue weighted by Crippen LogP contribution is 2.34. The third-order valence-corrected chi connectivity index (χ3v) is 6.98. The zero-order valence-electron chi connectivity index (χ0n) is 18.1. The van der Waals surface area contributed by atoms with Crippen molar-refractivity contribution in [3.05, 3.63) is 47.5 Å². The molecule has 0 saturated heterocycles. The number of aromatic nitrogens is 1. The Morgan fingerprint density at radius 2 is 1.94 bits per heavy atom. The first-order valence-corrected chi connectivity index (χ1v) is 12.5. The molecule has 3 aromatic rings. The van der Waals surface area contributed by atoms with Gasteiger partial charge in [-0.25, -0.2) is 4.98 Å². The van der Waals surface area contributed by atoms with Gasteiger partial charge in [-0.2, -0.15) is 0 Å². The van der Waals surface area contributed by atoms with Crippen LogP contribution in [0.3, 0.4) is 0 Å². The maximum absolute atomic E-state index is 13.1. The van der Waals surface area contributed by atoms with Crippen LogP contribution in [-0.2, 0) is 4.79 Å². The van der Waals surface area contributed by atoms with Gasteiger partial charge in [0.1, 0.15) is 11.3 Å². The molecule has 0 aliphatic heterocycles. The van der Waals surface area contributed by atoms with Crippen molar-refractivity contribution in [3.63, 3.8) is 0 Å². The monoisotopic (exact) mass is 477 g/mol.